The highest BCUT2D eigenvalue weighted by Crippen LogP contribution is 2.32. The molecule has 0 aliphatic rings. The molecule has 0 saturated heterocycles. The van der Waals surface area contributed by atoms with Gasteiger partial charge in [-0.1, -0.05) is 18.2 Å². The summed E-state index contributed by atoms with van der Waals surface area (Å²) in [5.41, 5.74) is 2.61. The van der Waals surface area contributed by atoms with Crippen LogP contribution in [0.15, 0.2) is 85.2 Å². The maximum atomic E-state index is 13.2. The van der Waals surface area contributed by atoms with Crippen molar-refractivity contribution in [2.75, 3.05) is 10.6 Å². The van der Waals surface area contributed by atoms with Crippen molar-refractivity contribution in [3.8, 4) is 11.3 Å². The van der Waals surface area contributed by atoms with Crippen LogP contribution in [-0.2, 0) is 6.18 Å². The van der Waals surface area contributed by atoms with Crippen LogP contribution in [-0.4, -0.2) is 9.97 Å². The second kappa shape index (κ2) is 8.43. The van der Waals surface area contributed by atoms with Crippen LogP contribution in [0.4, 0.5) is 40.4 Å². The van der Waals surface area contributed by atoms with Gasteiger partial charge in [0.2, 0.25) is 0 Å². The Kier molecular flexibility index (Phi) is 5.53. The first-order valence-corrected chi connectivity index (χ1v) is 9.27. The molecule has 4 rings (SSSR count). The number of hydrogen-bond acceptors (Lipinski definition) is 4. The van der Waals surface area contributed by atoms with Crippen molar-refractivity contribution in [3.63, 3.8) is 0 Å². The fraction of sp³-hybridized carbons (Fsp3) is 0.0435. The summed E-state index contributed by atoms with van der Waals surface area (Å²) in [5, 5.41) is 6.22. The van der Waals surface area contributed by atoms with Crippen LogP contribution in [0.5, 0.6) is 0 Å². The van der Waals surface area contributed by atoms with E-state index in [0.717, 1.165) is 23.4 Å². The van der Waals surface area contributed by atoms with Gasteiger partial charge in [0.05, 0.1) is 11.3 Å². The van der Waals surface area contributed by atoms with Crippen molar-refractivity contribution in [3.05, 3.63) is 96.6 Å². The Labute approximate surface area is 175 Å². The predicted octanol–water partition coefficient (Wildman–Crippen LogP) is 6.79. The Morgan fingerprint density at radius 1 is 0.710 bits per heavy atom. The first-order chi connectivity index (χ1) is 14.9. The van der Waals surface area contributed by atoms with E-state index in [1.165, 1.54) is 30.6 Å². The molecule has 1 aromatic heterocycles. The van der Waals surface area contributed by atoms with E-state index in [0.29, 0.717) is 22.9 Å². The molecule has 0 unspecified atom stereocenters. The van der Waals surface area contributed by atoms with Crippen molar-refractivity contribution in [2.45, 2.75) is 6.18 Å². The molecule has 8 heteroatoms. The number of para-hydroxylation sites is 1. The summed E-state index contributed by atoms with van der Waals surface area (Å²) in [6.07, 6.45) is -3.02. The van der Waals surface area contributed by atoms with E-state index in [1.807, 2.05) is 24.3 Å². The van der Waals surface area contributed by atoms with Crippen LogP contribution in [0.25, 0.3) is 11.3 Å². The van der Waals surface area contributed by atoms with Crippen LogP contribution < -0.4 is 10.6 Å². The minimum Gasteiger partial charge on any atom is -0.355 e. The monoisotopic (exact) mass is 424 g/mol. The Morgan fingerprint density at radius 2 is 1.35 bits per heavy atom. The average molecular weight is 424 g/mol. The van der Waals surface area contributed by atoms with Gasteiger partial charge in [0.1, 0.15) is 18.0 Å². The summed E-state index contributed by atoms with van der Waals surface area (Å²) in [7, 11) is 0. The van der Waals surface area contributed by atoms with Crippen LogP contribution >= 0.6 is 0 Å². The number of hydrogen-bond donors (Lipinski definition) is 2. The lowest BCUT2D eigenvalue weighted by Gasteiger charge is -2.13. The van der Waals surface area contributed by atoms with Crippen molar-refractivity contribution < 1.29 is 17.6 Å². The van der Waals surface area contributed by atoms with Crippen LogP contribution in [0.2, 0.25) is 0 Å². The predicted molar refractivity (Wildman–Crippen MR) is 112 cm³/mol. The maximum absolute atomic E-state index is 13.2. The third-order valence-corrected chi connectivity index (χ3v) is 4.48. The summed E-state index contributed by atoms with van der Waals surface area (Å²) < 4.78 is 51.4. The lowest BCUT2D eigenvalue weighted by Crippen LogP contribution is -2.04. The van der Waals surface area contributed by atoms with Crippen molar-refractivity contribution >= 4 is 22.9 Å². The largest absolute Gasteiger partial charge is 0.416 e. The number of nitrogens with one attached hydrogen (secondary N) is 2. The fourth-order valence-electron chi connectivity index (χ4n) is 2.97. The Hall–Kier alpha value is -3.94. The number of alkyl halides is 3. The molecule has 1 heterocycles. The molecule has 0 aliphatic carbocycles. The van der Waals surface area contributed by atoms with Crippen molar-refractivity contribution in [1.29, 1.82) is 0 Å². The highest BCUT2D eigenvalue weighted by molar-refractivity contribution is 5.80. The third kappa shape index (κ3) is 4.98. The van der Waals surface area contributed by atoms with E-state index < -0.39 is 11.7 Å². The molecule has 0 saturated carbocycles. The molecule has 0 amide bonds. The normalized spacial score (nSPS) is 11.2. The molecule has 4 aromatic rings. The van der Waals surface area contributed by atoms with Gasteiger partial charge in [-0.25, -0.2) is 14.4 Å². The lowest BCUT2D eigenvalue weighted by atomic mass is 10.1. The highest BCUT2D eigenvalue weighted by atomic mass is 19.4. The number of aromatic nitrogens is 2. The van der Waals surface area contributed by atoms with E-state index in [9.17, 15) is 17.6 Å². The number of rotatable bonds is 5. The number of benzene rings is 3. The molecule has 0 radical (unpaired) electrons. The topological polar surface area (TPSA) is 49.8 Å². The molecule has 0 aliphatic heterocycles. The Balaban J connectivity index is 1.58. The van der Waals surface area contributed by atoms with E-state index in [2.05, 4.69) is 20.6 Å². The van der Waals surface area contributed by atoms with Crippen molar-refractivity contribution in [2.24, 2.45) is 0 Å². The molecule has 2 N–H and O–H groups in total. The summed E-state index contributed by atoms with van der Waals surface area (Å²) in [4.78, 5) is 8.46. The van der Waals surface area contributed by atoms with Gasteiger partial charge < -0.3 is 10.6 Å². The van der Waals surface area contributed by atoms with Gasteiger partial charge in [0, 0.05) is 28.7 Å². The zero-order valence-electron chi connectivity index (χ0n) is 16.0. The molecule has 0 bridgehead atoms. The van der Waals surface area contributed by atoms with Gasteiger partial charge >= 0.3 is 6.18 Å². The molecule has 0 atom stereocenters. The summed E-state index contributed by atoms with van der Waals surface area (Å²) in [6, 6.07) is 19.8. The maximum Gasteiger partial charge on any atom is 0.416 e. The molecule has 156 valence electrons. The molecular weight excluding hydrogens is 408 g/mol. The smallest absolute Gasteiger partial charge is 0.355 e. The zero-order chi connectivity index (χ0) is 21.8. The van der Waals surface area contributed by atoms with Gasteiger partial charge in [-0.2, -0.15) is 13.2 Å². The van der Waals surface area contributed by atoms with Gasteiger partial charge in [-0.3, -0.25) is 0 Å². The van der Waals surface area contributed by atoms with Crippen LogP contribution in [0, 0.1) is 5.82 Å². The van der Waals surface area contributed by atoms with Crippen LogP contribution in [0.3, 0.4) is 0 Å². The molecule has 31 heavy (non-hydrogen) atoms. The zero-order valence-corrected chi connectivity index (χ0v) is 16.0. The van der Waals surface area contributed by atoms with E-state index in [1.54, 1.807) is 18.2 Å². The first-order valence-electron chi connectivity index (χ1n) is 9.27. The highest BCUT2D eigenvalue weighted by Gasteiger charge is 2.29. The van der Waals surface area contributed by atoms with E-state index in [4.69, 9.17) is 0 Å². The molecule has 0 fully saturated rings. The SMILES string of the molecule is Fc1ccc(Nc2ccccc2-c2cc(Nc3ccc(C(F)(F)F)cc3)ncn2)cc1. The number of nitrogens with zero attached hydrogens (tertiary/aromatic N) is 2. The quantitative estimate of drug-likeness (QED) is 0.347. The Bertz CT molecular complexity index is 1170. The first kappa shape index (κ1) is 20.3. The number of halogens is 4. The van der Waals surface area contributed by atoms with E-state index >= 15 is 0 Å². The third-order valence-electron chi connectivity index (χ3n) is 4.48. The minimum absolute atomic E-state index is 0.325. The molecule has 4 nitrogen and oxygen atoms in total. The summed E-state index contributed by atoms with van der Waals surface area (Å²) in [5.74, 6) is 0.106. The lowest BCUT2D eigenvalue weighted by molar-refractivity contribution is -0.137. The van der Waals surface area contributed by atoms with Gasteiger partial charge in [-0.05, 0) is 54.6 Å². The van der Waals surface area contributed by atoms with Gasteiger partial charge in [0.25, 0.3) is 0 Å². The van der Waals surface area contributed by atoms with Gasteiger partial charge in [-0.15, -0.1) is 0 Å². The Morgan fingerprint density at radius 3 is 2.06 bits per heavy atom. The van der Waals surface area contributed by atoms with E-state index in [-0.39, 0.29) is 5.82 Å². The van der Waals surface area contributed by atoms with Crippen LogP contribution in [0.1, 0.15) is 5.56 Å². The standard InChI is InChI=1S/C23H16F4N4/c24-16-7-11-17(12-8-16)30-20-4-2-1-3-19(20)21-13-22(29-14-28-21)31-18-9-5-15(6-10-18)23(25,26)27/h1-14,30H,(H,28,29,31). The second-order valence-corrected chi connectivity index (χ2v) is 6.67. The fourth-order valence-corrected chi connectivity index (χ4v) is 2.97. The summed E-state index contributed by atoms with van der Waals surface area (Å²) >= 11 is 0. The molecule has 3 aromatic carbocycles. The molecular formula is C23H16F4N4. The van der Waals surface area contributed by atoms with Gasteiger partial charge in [0.15, 0.2) is 0 Å². The minimum atomic E-state index is -4.39. The summed E-state index contributed by atoms with van der Waals surface area (Å²) in [6.45, 7) is 0. The van der Waals surface area contributed by atoms with Crippen molar-refractivity contribution in [1.82, 2.24) is 9.97 Å². The average Bonchev–Trinajstić information content (AvgIpc) is 2.76. The number of anilines is 4. The molecule has 0 spiro atoms. The second-order valence-electron chi connectivity index (χ2n) is 6.67.